The molecule has 26 heavy (non-hydrogen) atoms. The van der Waals surface area contributed by atoms with Gasteiger partial charge in [-0.25, -0.2) is 9.36 Å². The number of rotatable bonds is 2. The number of hydrogen-bond donors (Lipinski definition) is 3. The second-order valence-corrected chi connectivity index (χ2v) is 7.71. The van der Waals surface area contributed by atoms with Crippen molar-refractivity contribution in [2.75, 3.05) is 12.0 Å². The minimum absolute atomic E-state index is 0.259. The summed E-state index contributed by atoms with van der Waals surface area (Å²) in [5, 5.41) is 3.40. The molecular weight excluding hydrogens is 328 g/mol. The summed E-state index contributed by atoms with van der Waals surface area (Å²) in [6.07, 6.45) is 6.32. The summed E-state index contributed by atoms with van der Waals surface area (Å²) in [5.41, 5.74) is 3.14. The van der Waals surface area contributed by atoms with Crippen LogP contribution in [-0.2, 0) is 6.54 Å². The number of benzene rings is 1. The Morgan fingerprint density at radius 3 is 2.58 bits per heavy atom. The highest BCUT2D eigenvalue weighted by Gasteiger charge is 2.31. The van der Waals surface area contributed by atoms with Crippen molar-refractivity contribution in [1.82, 2.24) is 9.55 Å². The van der Waals surface area contributed by atoms with E-state index >= 15 is 0 Å². The van der Waals surface area contributed by atoms with Crippen molar-refractivity contribution in [2.24, 2.45) is 0 Å². The van der Waals surface area contributed by atoms with Crippen molar-refractivity contribution in [3.05, 3.63) is 55.7 Å². The zero-order chi connectivity index (χ0) is 18.3. The highest BCUT2D eigenvalue weighted by atomic mass is 16.2. The van der Waals surface area contributed by atoms with Gasteiger partial charge in [-0.15, -0.1) is 0 Å². The fourth-order valence-electron chi connectivity index (χ4n) is 4.32. The Morgan fingerprint density at radius 1 is 1.08 bits per heavy atom. The van der Waals surface area contributed by atoms with Gasteiger partial charge in [-0.1, -0.05) is 12.5 Å². The summed E-state index contributed by atoms with van der Waals surface area (Å²) in [6.45, 7) is 5.51. The fourth-order valence-corrected chi connectivity index (χ4v) is 4.32. The predicted molar refractivity (Wildman–Crippen MR) is 102 cm³/mol. The van der Waals surface area contributed by atoms with Gasteiger partial charge in [0, 0.05) is 0 Å². The first-order valence-corrected chi connectivity index (χ1v) is 9.59. The molecule has 2 aliphatic rings. The van der Waals surface area contributed by atoms with Crippen molar-refractivity contribution < 1.29 is 4.90 Å². The SMILES string of the molecule is Cc1ccc(-n2c3c(c(=O)[nH]c2=O)C[NH+](C2CCCCC2)CN3)cc1C. The monoisotopic (exact) mass is 355 g/mol. The van der Waals surface area contributed by atoms with Gasteiger partial charge in [-0.2, -0.15) is 0 Å². The maximum absolute atomic E-state index is 12.6. The van der Waals surface area contributed by atoms with E-state index in [1.807, 2.05) is 32.0 Å². The van der Waals surface area contributed by atoms with Crippen molar-refractivity contribution in [3.63, 3.8) is 0 Å². The van der Waals surface area contributed by atoms with Crippen LogP contribution in [0.25, 0.3) is 5.69 Å². The van der Waals surface area contributed by atoms with Crippen LogP contribution in [0.5, 0.6) is 0 Å². The van der Waals surface area contributed by atoms with E-state index in [1.54, 1.807) is 4.57 Å². The van der Waals surface area contributed by atoms with E-state index in [-0.39, 0.29) is 11.2 Å². The lowest BCUT2D eigenvalue weighted by Gasteiger charge is -2.35. The molecule has 1 aliphatic heterocycles. The van der Waals surface area contributed by atoms with Crippen LogP contribution in [0.3, 0.4) is 0 Å². The van der Waals surface area contributed by atoms with Crippen LogP contribution in [0.4, 0.5) is 5.82 Å². The van der Waals surface area contributed by atoms with Gasteiger partial charge >= 0.3 is 5.69 Å². The third-order valence-electron chi connectivity index (χ3n) is 6.03. The van der Waals surface area contributed by atoms with E-state index in [0.717, 1.165) is 17.9 Å². The minimum atomic E-state index is -0.384. The Kier molecular flexibility index (Phi) is 4.44. The van der Waals surface area contributed by atoms with Crippen LogP contribution in [0.1, 0.15) is 48.8 Å². The number of aromatic nitrogens is 2. The Morgan fingerprint density at radius 2 is 1.85 bits per heavy atom. The van der Waals surface area contributed by atoms with E-state index in [2.05, 4.69) is 10.3 Å². The molecule has 1 fully saturated rings. The Hall–Kier alpha value is -2.34. The molecule has 6 nitrogen and oxygen atoms in total. The van der Waals surface area contributed by atoms with E-state index in [9.17, 15) is 9.59 Å². The summed E-state index contributed by atoms with van der Waals surface area (Å²) in [6, 6.07) is 6.55. The van der Waals surface area contributed by atoms with Gasteiger partial charge in [0.25, 0.3) is 5.56 Å². The molecule has 0 amide bonds. The van der Waals surface area contributed by atoms with Crippen molar-refractivity contribution in [2.45, 2.75) is 58.5 Å². The molecular formula is C20H27N4O2+. The Balaban J connectivity index is 1.76. The number of nitrogens with zero attached hydrogens (tertiary/aromatic N) is 1. The van der Waals surface area contributed by atoms with Gasteiger partial charge in [0.2, 0.25) is 0 Å². The number of aryl methyl sites for hydroxylation is 2. The van der Waals surface area contributed by atoms with Crippen LogP contribution in [0.2, 0.25) is 0 Å². The molecule has 138 valence electrons. The largest absolute Gasteiger partial charge is 0.334 e. The quantitative estimate of drug-likeness (QED) is 0.759. The Labute approximate surface area is 152 Å². The number of anilines is 1. The molecule has 0 spiro atoms. The Bertz CT molecular complexity index is 938. The number of nitrogens with one attached hydrogen (secondary N) is 3. The van der Waals surface area contributed by atoms with Crippen LogP contribution in [0, 0.1) is 13.8 Å². The summed E-state index contributed by atoms with van der Waals surface area (Å²) in [5.74, 6) is 0.654. The van der Waals surface area contributed by atoms with Gasteiger partial charge in [0.15, 0.2) is 6.67 Å². The van der Waals surface area contributed by atoms with Crippen molar-refractivity contribution in [3.8, 4) is 5.69 Å². The summed E-state index contributed by atoms with van der Waals surface area (Å²) < 4.78 is 1.61. The molecule has 1 aromatic heterocycles. The van der Waals surface area contributed by atoms with Crippen molar-refractivity contribution in [1.29, 1.82) is 0 Å². The highest BCUT2D eigenvalue weighted by molar-refractivity contribution is 5.52. The lowest BCUT2D eigenvalue weighted by molar-refractivity contribution is -0.938. The van der Waals surface area contributed by atoms with Gasteiger partial charge in [-0.3, -0.25) is 9.78 Å². The maximum atomic E-state index is 12.6. The first-order chi connectivity index (χ1) is 12.5. The standard InChI is InChI=1S/C20H26N4O2/c1-13-8-9-16(10-14(13)2)24-18-17(19(25)22-20(24)26)11-23(12-21-18)15-6-4-3-5-7-15/h8-10,15,21H,3-7,11-12H2,1-2H3,(H,22,25,26)/p+1. The van der Waals surface area contributed by atoms with Crippen LogP contribution in [-0.4, -0.2) is 22.3 Å². The molecule has 3 N–H and O–H groups in total. The molecule has 1 saturated carbocycles. The predicted octanol–water partition coefficient (Wildman–Crippen LogP) is 1.24. The second-order valence-electron chi connectivity index (χ2n) is 7.71. The van der Waals surface area contributed by atoms with Crippen LogP contribution >= 0.6 is 0 Å². The second kappa shape index (κ2) is 6.76. The molecule has 0 bridgehead atoms. The summed E-state index contributed by atoms with van der Waals surface area (Å²) in [7, 11) is 0. The van der Waals surface area contributed by atoms with E-state index in [0.29, 0.717) is 24.0 Å². The van der Waals surface area contributed by atoms with E-state index in [1.165, 1.54) is 42.6 Å². The van der Waals surface area contributed by atoms with Crippen molar-refractivity contribution >= 4 is 5.82 Å². The first-order valence-electron chi connectivity index (χ1n) is 9.59. The van der Waals surface area contributed by atoms with Crippen LogP contribution < -0.4 is 21.5 Å². The molecule has 6 heteroatoms. The fraction of sp³-hybridized carbons (Fsp3) is 0.500. The number of hydrogen-bond acceptors (Lipinski definition) is 3. The average molecular weight is 355 g/mol. The first kappa shape index (κ1) is 17.1. The molecule has 0 radical (unpaired) electrons. The maximum Gasteiger partial charge on any atom is 0.334 e. The topological polar surface area (TPSA) is 71.3 Å². The van der Waals surface area contributed by atoms with Gasteiger partial charge in [0.1, 0.15) is 17.9 Å². The molecule has 2 heterocycles. The average Bonchev–Trinajstić information content (AvgIpc) is 2.65. The summed E-state index contributed by atoms with van der Waals surface area (Å²) in [4.78, 5) is 29.0. The third kappa shape index (κ3) is 2.98. The normalized spacial score (nSPS) is 20.5. The highest BCUT2D eigenvalue weighted by Crippen LogP contribution is 2.20. The van der Waals surface area contributed by atoms with Gasteiger partial charge in [-0.05, 0) is 62.8 Å². The number of quaternary nitrogens is 1. The molecule has 4 rings (SSSR count). The molecule has 0 saturated heterocycles. The smallest absolute Gasteiger partial charge is 0.324 e. The van der Waals surface area contributed by atoms with E-state index < -0.39 is 0 Å². The molecule has 1 unspecified atom stereocenters. The lowest BCUT2D eigenvalue weighted by Crippen LogP contribution is -3.16. The molecule has 1 aromatic carbocycles. The minimum Gasteiger partial charge on any atom is -0.324 e. The van der Waals surface area contributed by atoms with E-state index in [4.69, 9.17) is 0 Å². The van der Waals surface area contributed by atoms with Crippen LogP contribution in [0.15, 0.2) is 27.8 Å². The lowest BCUT2D eigenvalue weighted by atomic mass is 9.94. The number of fused-ring (bicyclic) bond motifs is 1. The number of aromatic amines is 1. The zero-order valence-electron chi connectivity index (χ0n) is 15.5. The summed E-state index contributed by atoms with van der Waals surface area (Å²) >= 11 is 0. The van der Waals surface area contributed by atoms with Gasteiger partial charge in [0.05, 0.1) is 11.7 Å². The molecule has 1 aliphatic carbocycles. The third-order valence-corrected chi connectivity index (χ3v) is 6.03. The van der Waals surface area contributed by atoms with Gasteiger partial charge < -0.3 is 10.2 Å². The number of H-pyrrole nitrogens is 1. The zero-order valence-corrected chi connectivity index (χ0v) is 15.5. The molecule has 2 aromatic rings. The molecule has 1 atom stereocenters.